The number of carbonyl (C=O) groups is 1. The zero-order valence-corrected chi connectivity index (χ0v) is 21.6. The lowest BCUT2D eigenvalue weighted by Gasteiger charge is -2.27. The van der Waals surface area contributed by atoms with Crippen molar-refractivity contribution in [1.82, 2.24) is 14.5 Å². The number of nitrogens with one attached hydrogen (secondary N) is 1. The molecule has 2 aromatic carbocycles. The number of carbonyl (C=O) groups excluding carboxylic acids is 1. The summed E-state index contributed by atoms with van der Waals surface area (Å²) in [5.41, 5.74) is 2.64. The minimum absolute atomic E-state index is 0.0783. The van der Waals surface area contributed by atoms with Crippen molar-refractivity contribution in [2.45, 2.75) is 61.4 Å². The predicted molar refractivity (Wildman–Crippen MR) is 138 cm³/mol. The number of piperidine rings is 2. The summed E-state index contributed by atoms with van der Waals surface area (Å²) in [6, 6.07) is 13.0. The largest absolute Gasteiger partial charge is 0.339 e. The van der Waals surface area contributed by atoms with Crippen molar-refractivity contribution in [3.63, 3.8) is 0 Å². The van der Waals surface area contributed by atoms with Crippen LogP contribution < -0.4 is 4.72 Å². The van der Waals surface area contributed by atoms with Gasteiger partial charge < -0.3 is 4.90 Å². The number of amides is 1. The Hall–Kier alpha value is -1.87. The standard InChI is InChI=1S/C26H35N3O3S2/c1-33-25-13-12-23(18-24(25)26(30)29-16-6-3-7-17-29)34(31,32)27-19-21-8-10-22(11-9-21)20-28-14-4-2-5-15-28/h8-13,18,27H,2-7,14-17,19-20H2,1H3. The summed E-state index contributed by atoms with van der Waals surface area (Å²) in [7, 11) is -3.74. The van der Waals surface area contributed by atoms with Crippen LogP contribution in [0.25, 0.3) is 0 Å². The van der Waals surface area contributed by atoms with Crippen LogP contribution in [-0.2, 0) is 23.1 Å². The molecule has 0 atom stereocenters. The number of rotatable bonds is 8. The van der Waals surface area contributed by atoms with Crippen LogP contribution in [0.2, 0.25) is 0 Å². The van der Waals surface area contributed by atoms with Crippen LogP contribution in [0, 0.1) is 0 Å². The Labute approximate surface area is 208 Å². The van der Waals surface area contributed by atoms with Crippen LogP contribution in [0.3, 0.4) is 0 Å². The van der Waals surface area contributed by atoms with Gasteiger partial charge in [-0.2, -0.15) is 0 Å². The zero-order chi connectivity index (χ0) is 24.0. The lowest BCUT2D eigenvalue weighted by Crippen LogP contribution is -2.36. The molecule has 0 aliphatic carbocycles. The minimum Gasteiger partial charge on any atom is -0.339 e. The zero-order valence-electron chi connectivity index (χ0n) is 20.0. The quantitative estimate of drug-likeness (QED) is 0.540. The molecule has 2 fully saturated rings. The Bertz CT molecular complexity index is 1070. The summed E-state index contributed by atoms with van der Waals surface area (Å²) < 4.78 is 28.8. The lowest BCUT2D eigenvalue weighted by atomic mass is 10.1. The summed E-state index contributed by atoms with van der Waals surface area (Å²) >= 11 is 1.46. The summed E-state index contributed by atoms with van der Waals surface area (Å²) in [5, 5.41) is 0. The molecule has 2 heterocycles. The van der Waals surface area contributed by atoms with Crippen LogP contribution in [0.15, 0.2) is 52.3 Å². The number of likely N-dealkylation sites (tertiary alicyclic amines) is 2. The van der Waals surface area contributed by atoms with Crippen molar-refractivity contribution in [1.29, 1.82) is 0 Å². The molecule has 34 heavy (non-hydrogen) atoms. The highest BCUT2D eigenvalue weighted by Gasteiger charge is 2.23. The van der Waals surface area contributed by atoms with E-state index < -0.39 is 10.0 Å². The third kappa shape index (κ3) is 6.42. The van der Waals surface area contributed by atoms with Crippen molar-refractivity contribution in [2.75, 3.05) is 32.4 Å². The number of sulfonamides is 1. The molecular formula is C26H35N3O3S2. The normalized spacial score (nSPS) is 17.6. The van der Waals surface area contributed by atoms with E-state index in [4.69, 9.17) is 0 Å². The number of hydrogen-bond acceptors (Lipinski definition) is 5. The highest BCUT2D eigenvalue weighted by molar-refractivity contribution is 7.98. The van der Waals surface area contributed by atoms with Crippen LogP contribution >= 0.6 is 11.8 Å². The molecule has 0 aromatic heterocycles. The third-order valence-corrected chi connectivity index (χ3v) is 8.89. The Morgan fingerprint density at radius 2 is 1.50 bits per heavy atom. The molecule has 184 valence electrons. The molecule has 2 aliphatic heterocycles. The van der Waals surface area contributed by atoms with Gasteiger partial charge in [0.25, 0.3) is 5.91 Å². The van der Waals surface area contributed by atoms with Crippen molar-refractivity contribution < 1.29 is 13.2 Å². The van der Waals surface area contributed by atoms with Gasteiger partial charge in [0.05, 0.1) is 10.5 Å². The van der Waals surface area contributed by atoms with Crippen LogP contribution in [0.5, 0.6) is 0 Å². The molecule has 0 saturated carbocycles. The fraction of sp³-hybridized carbons (Fsp3) is 0.500. The SMILES string of the molecule is CSc1ccc(S(=O)(=O)NCc2ccc(CN3CCCCC3)cc2)cc1C(=O)N1CCCCC1. The molecule has 4 rings (SSSR count). The van der Waals surface area contributed by atoms with Crippen LogP contribution in [-0.4, -0.2) is 56.6 Å². The van der Waals surface area contributed by atoms with Gasteiger partial charge in [-0.3, -0.25) is 9.69 Å². The maximum absolute atomic E-state index is 13.1. The lowest BCUT2D eigenvalue weighted by molar-refractivity contribution is 0.0720. The van der Waals surface area contributed by atoms with Gasteiger partial charge in [0.2, 0.25) is 10.0 Å². The maximum atomic E-state index is 13.1. The Balaban J connectivity index is 1.42. The summed E-state index contributed by atoms with van der Waals surface area (Å²) in [6.45, 7) is 4.93. The fourth-order valence-corrected chi connectivity index (χ4v) is 6.30. The first-order valence-corrected chi connectivity index (χ1v) is 14.9. The monoisotopic (exact) mass is 501 g/mol. The first-order chi connectivity index (χ1) is 16.5. The number of nitrogens with zero attached hydrogens (tertiary/aromatic N) is 2. The summed E-state index contributed by atoms with van der Waals surface area (Å²) in [4.78, 5) is 18.4. The molecule has 0 spiro atoms. The van der Waals surface area contributed by atoms with E-state index in [1.54, 1.807) is 12.1 Å². The van der Waals surface area contributed by atoms with Crippen molar-refractivity contribution >= 4 is 27.7 Å². The topological polar surface area (TPSA) is 69.7 Å². The molecular weight excluding hydrogens is 466 g/mol. The Morgan fingerprint density at radius 1 is 0.882 bits per heavy atom. The average Bonchev–Trinajstić information content (AvgIpc) is 2.88. The van der Waals surface area contributed by atoms with Crippen LogP contribution in [0.4, 0.5) is 0 Å². The molecule has 1 amide bonds. The van der Waals surface area contributed by atoms with Crippen molar-refractivity contribution in [3.05, 3.63) is 59.2 Å². The third-order valence-electron chi connectivity index (χ3n) is 6.70. The fourth-order valence-electron chi connectivity index (χ4n) is 4.69. The maximum Gasteiger partial charge on any atom is 0.255 e. The minimum atomic E-state index is -3.74. The first kappa shape index (κ1) is 25.2. The highest BCUT2D eigenvalue weighted by Crippen LogP contribution is 2.26. The summed E-state index contributed by atoms with van der Waals surface area (Å²) in [6.07, 6.45) is 8.89. The van der Waals surface area contributed by atoms with Crippen LogP contribution in [0.1, 0.15) is 60.0 Å². The number of hydrogen-bond donors (Lipinski definition) is 1. The van der Waals surface area contributed by atoms with Gasteiger partial charge in [0.1, 0.15) is 0 Å². The molecule has 6 nitrogen and oxygen atoms in total. The highest BCUT2D eigenvalue weighted by atomic mass is 32.2. The smallest absolute Gasteiger partial charge is 0.255 e. The second-order valence-corrected chi connectivity index (χ2v) is 11.8. The van der Waals surface area contributed by atoms with E-state index in [0.717, 1.165) is 62.4 Å². The van der Waals surface area contributed by atoms with Gasteiger partial charge in [0, 0.05) is 31.1 Å². The van der Waals surface area contributed by atoms with E-state index in [0.29, 0.717) is 5.56 Å². The molecule has 0 bridgehead atoms. The molecule has 0 unspecified atom stereocenters. The molecule has 8 heteroatoms. The van der Waals surface area contributed by atoms with Gasteiger partial charge in [-0.05, 0) is 80.8 Å². The van der Waals surface area contributed by atoms with Gasteiger partial charge >= 0.3 is 0 Å². The van der Waals surface area contributed by atoms with E-state index in [-0.39, 0.29) is 17.3 Å². The molecule has 2 aromatic rings. The van der Waals surface area contributed by atoms with Gasteiger partial charge in [0.15, 0.2) is 0 Å². The van der Waals surface area contributed by atoms with E-state index in [2.05, 4.69) is 21.8 Å². The predicted octanol–water partition coefficient (Wildman–Crippen LogP) is 4.50. The Morgan fingerprint density at radius 3 is 2.15 bits per heavy atom. The number of benzene rings is 2. The first-order valence-electron chi connectivity index (χ1n) is 12.2. The van der Waals surface area contributed by atoms with Gasteiger partial charge in [-0.15, -0.1) is 11.8 Å². The van der Waals surface area contributed by atoms with E-state index in [1.165, 1.54) is 42.7 Å². The molecule has 0 radical (unpaired) electrons. The molecule has 2 aliphatic rings. The van der Waals surface area contributed by atoms with E-state index in [9.17, 15) is 13.2 Å². The van der Waals surface area contributed by atoms with Crippen molar-refractivity contribution in [3.8, 4) is 0 Å². The Kier molecular flexibility index (Phi) is 8.69. The second-order valence-electron chi connectivity index (χ2n) is 9.19. The second kappa shape index (κ2) is 11.7. The van der Waals surface area contributed by atoms with Gasteiger partial charge in [-0.25, -0.2) is 13.1 Å². The number of thioether (sulfide) groups is 1. The molecule has 2 saturated heterocycles. The molecule has 1 N–H and O–H groups in total. The van der Waals surface area contributed by atoms with E-state index >= 15 is 0 Å². The van der Waals surface area contributed by atoms with E-state index in [1.807, 2.05) is 23.3 Å². The van der Waals surface area contributed by atoms with Gasteiger partial charge in [-0.1, -0.05) is 30.7 Å². The van der Waals surface area contributed by atoms with Crippen molar-refractivity contribution in [2.24, 2.45) is 0 Å². The average molecular weight is 502 g/mol. The summed E-state index contributed by atoms with van der Waals surface area (Å²) in [5.74, 6) is -0.0783.